The number of hydrogen-bond acceptors (Lipinski definition) is 3. The Morgan fingerprint density at radius 3 is 2.29 bits per heavy atom. The molecular formula is C16H13Cl3N2O3. The van der Waals surface area contributed by atoms with Gasteiger partial charge in [0, 0.05) is 20.6 Å². The second kappa shape index (κ2) is 8.24. The van der Waals surface area contributed by atoms with E-state index >= 15 is 0 Å². The van der Waals surface area contributed by atoms with Crippen LogP contribution in [-0.4, -0.2) is 18.4 Å². The first-order valence-electron chi connectivity index (χ1n) is 6.79. The zero-order valence-corrected chi connectivity index (χ0v) is 14.8. The molecule has 0 aliphatic heterocycles. The lowest BCUT2D eigenvalue weighted by Gasteiger charge is -2.10. The average Bonchev–Trinajstić information content (AvgIpc) is 2.52. The number of amides is 2. The van der Waals surface area contributed by atoms with Crippen molar-refractivity contribution < 1.29 is 14.3 Å². The van der Waals surface area contributed by atoms with Gasteiger partial charge in [-0.25, -0.2) is 0 Å². The Kier molecular flexibility index (Phi) is 6.31. The summed E-state index contributed by atoms with van der Waals surface area (Å²) in [5.74, 6) is -0.570. The van der Waals surface area contributed by atoms with Crippen LogP contribution in [0.5, 0.6) is 5.75 Å². The van der Waals surface area contributed by atoms with Crippen molar-refractivity contribution in [2.75, 3.05) is 6.61 Å². The number of aryl methyl sites for hydroxylation is 1. The molecule has 0 atom stereocenters. The Morgan fingerprint density at radius 1 is 1.00 bits per heavy atom. The lowest BCUT2D eigenvalue weighted by atomic mass is 10.2. The van der Waals surface area contributed by atoms with Gasteiger partial charge < -0.3 is 4.74 Å². The van der Waals surface area contributed by atoms with Crippen LogP contribution in [0, 0.1) is 6.92 Å². The van der Waals surface area contributed by atoms with E-state index in [0.29, 0.717) is 20.8 Å². The van der Waals surface area contributed by atoms with E-state index in [0.717, 1.165) is 5.56 Å². The molecule has 0 aliphatic rings. The molecule has 2 N–H and O–H groups in total. The van der Waals surface area contributed by atoms with Crippen LogP contribution >= 0.6 is 34.8 Å². The van der Waals surface area contributed by atoms with Gasteiger partial charge in [-0.1, -0.05) is 34.8 Å². The fourth-order valence-corrected chi connectivity index (χ4v) is 2.42. The minimum absolute atomic E-state index is 0.224. The Balaban J connectivity index is 1.84. The van der Waals surface area contributed by atoms with Gasteiger partial charge in [-0.3, -0.25) is 20.4 Å². The minimum atomic E-state index is -0.546. The SMILES string of the molecule is Cc1cc(OCC(=O)NNC(=O)c2cc(Cl)cc(Cl)c2)ccc1Cl. The molecule has 8 heteroatoms. The number of nitrogens with one attached hydrogen (secondary N) is 2. The number of hydrazine groups is 1. The molecule has 0 heterocycles. The minimum Gasteiger partial charge on any atom is -0.484 e. The zero-order chi connectivity index (χ0) is 17.7. The summed E-state index contributed by atoms with van der Waals surface area (Å²) >= 11 is 17.5. The third kappa shape index (κ3) is 5.30. The van der Waals surface area contributed by atoms with E-state index in [1.165, 1.54) is 18.2 Å². The number of ether oxygens (including phenoxy) is 1. The van der Waals surface area contributed by atoms with E-state index in [2.05, 4.69) is 10.9 Å². The number of carbonyl (C=O) groups excluding carboxylic acids is 2. The molecule has 0 saturated carbocycles. The number of rotatable bonds is 4. The fourth-order valence-electron chi connectivity index (χ4n) is 1.78. The van der Waals surface area contributed by atoms with Crippen LogP contribution in [-0.2, 0) is 4.79 Å². The highest BCUT2D eigenvalue weighted by atomic mass is 35.5. The summed E-state index contributed by atoms with van der Waals surface area (Å²) in [4.78, 5) is 23.6. The number of halogens is 3. The Morgan fingerprint density at radius 2 is 1.67 bits per heavy atom. The van der Waals surface area contributed by atoms with E-state index in [4.69, 9.17) is 39.5 Å². The number of benzene rings is 2. The highest BCUT2D eigenvalue weighted by Crippen LogP contribution is 2.21. The van der Waals surface area contributed by atoms with E-state index in [9.17, 15) is 9.59 Å². The lowest BCUT2D eigenvalue weighted by molar-refractivity contribution is -0.123. The molecule has 0 spiro atoms. The summed E-state index contributed by atoms with van der Waals surface area (Å²) in [5.41, 5.74) is 5.55. The predicted molar refractivity (Wildman–Crippen MR) is 93.8 cm³/mol. The largest absolute Gasteiger partial charge is 0.484 e. The summed E-state index contributed by atoms with van der Waals surface area (Å²) in [6.07, 6.45) is 0. The Labute approximate surface area is 153 Å². The van der Waals surface area contributed by atoms with Gasteiger partial charge in [-0.15, -0.1) is 0 Å². The average molecular weight is 388 g/mol. The molecule has 126 valence electrons. The van der Waals surface area contributed by atoms with Gasteiger partial charge in [-0.05, 0) is 48.9 Å². The first-order chi connectivity index (χ1) is 11.3. The van der Waals surface area contributed by atoms with Gasteiger partial charge in [0.25, 0.3) is 11.8 Å². The molecule has 2 aromatic rings. The van der Waals surface area contributed by atoms with Crippen molar-refractivity contribution in [3.8, 4) is 5.75 Å². The second-order valence-corrected chi connectivity index (χ2v) is 6.14. The normalized spacial score (nSPS) is 10.2. The fraction of sp³-hybridized carbons (Fsp3) is 0.125. The molecule has 0 bridgehead atoms. The van der Waals surface area contributed by atoms with Crippen LogP contribution in [0.2, 0.25) is 15.1 Å². The highest BCUT2D eigenvalue weighted by molar-refractivity contribution is 6.35. The Bertz CT molecular complexity index is 761. The van der Waals surface area contributed by atoms with Crippen molar-refractivity contribution >= 4 is 46.6 Å². The third-order valence-corrected chi connectivity index (χ3v) is 3.80. The molecule has 0 fully saturated rings. The van der Waals surface area contributed by atoms with Crippen molar-refractivity contribution in [3.63, 3.8) is 0 Å². The van der Waals surface area contributed by atoms with Crippen LogP contribution < -0.4 is 15.6 Å². The lowest BCUT2D eigenvalue weighted by Crippen LogP contribution is -2.43. The quantitative estimate of drug-likeness (QED) is 0.784. The summed E-state index contributed by atoms with van der Waals surface area (Å²) < 4.78 is 5.32. The van der Waals surface area contributed by atoms with Crippen molar-refractivity contribution in [1.29, 1.82) is 0 Å². The van der Waals surface area contributed by atoms with Gasteiger partial charge in [0.05, 0.1) is 0 Å². The van der Waals surface area contributed by atoms with Gasteiger partial charge in [0.1, 0.15) is 5.75 Å². The summed E-state index contributed by atoms with van der Waals surface area (Å²) in [7, 11) is 0. The maximum Gasteiger partial charge on any atom is 0.276 e. The highest BCUT2D eigenvalue weighted by Gasteiger charge is 2.10. The van der Waals surface area contributed by atoms with Gasteiger partial charge in [0.2, 0.25) is 0 Å². The summed E-state index contributed by atoms with van der Waals surface area (Å²) in [5, 5.41) is 1.25. The summed E-state index contributed by atoms with van der Waals surface area (Å²) in [6, 6.07) is 9.40. The van der Waals surface area contributed by atoms with Crippen molar-refractivity contribution in [2.24, 2.45) is 0 Å². The molecule has 24 heavy (non-hydrogen) atoms. The molecule has 2 aromatic carbocycles. The predicted octanol–water partition coefficient (Wildman–Crippen LogP) is 3.80. The molecule has 5 nitrogen and oxygen atoms in total. The first kappa shape index (κ1) is 18.4. The van der Waals surface area contributed by atoms with Crippen molar-refractivity contribution in [3.05, 3.63) is 62.6 Å². The molecule has 0 radical (unpaired) electrons. The van der Waals surface area contributed by atoms with Crippen LogP contribution in [0.4, 0.5) is 0 Å². The smallest absolute Gasteiger partial charge is 0.276 e. The van der Waals surface area contributed by atoms with E-state index < -0.39 is 11.8 Å². The van der Waals surface area contributed by atoms with Crippen LogP contribution in [0.1, 0.15) is 15.9 Å². The molecular weight excluding hydrogens is 375 g/mol. The topological polar surface area (TPSA) is 67.4 Å². The Hall–Kier alpha value is -1.95. The molecule has 2 amide bonds. The zero-order valence-electron chi connectivity index (χ0n) is 12.5. The second-order valence-electron chi connectivity index (χ2n) is 4.86. The van der Waals surface area contributed by atoms with Crippen LogP contribution in [0.15, 0.2) is 36.4 Å². The standard InChI is InChI=1S/C16H13Cl3N2O3/c1-9-4-13(2-3-14(9)19)24-8-15(22)20-21-16(23)10-5-11(17)7-12(18)6-10/h2-7H,8H2,1H3,(H,20,22)(H,21,23). The third-order valence-electron chi connectivity index (χ3n) is 2.94. The van der Waals surface area contributed by atoms with E-state index in [-0.39, 0.29) is 12.2 Å². The van der Waals surface area contributed by atoms with Crippen molar-refractivity contribution in [2.45, 2.75) is 6.92 Å². The molecule has 0 aromatic heterocycles. The van der Waals surface area contributed by atoms with Gasteiger partial charge in [-0.2, -0.15) is 0 Å². The number of hydrogen-bond donors (Lipinski definition) is 2. The molecule has 0 saturated heterocycles. The van der Waals surface area contributed by atoms with Crippen LogP contribution in [0.25, 0.3) is 0 Å². The van der Waals surface area contributed by atoms with Gasteiger partial charge in [0.15, 0.2) is 6.61 Å². The maximum absolute atomic E-state index is 11.9. The molecule has 0 aliphatic carbocycles. The van der Waals surface area contributed by atoms with Crippen LogP contribution in [0.3, 0.4) is 0 Å². The maximum atomic E-state index is 11.9. The van der Waals surface area contributed by atoms with Crippen molar-refractivity contribution in [1.82, 2.24) is 10.9 Å². The monoisotopic (exact) mass is 386 g/mol. The summed E-state index contributed by atoms with van der Waals surface area (Å²) in [6.45, 7) is 1.56. The van der Waals surface area contributed by atoms with Gasteiger partial charge >= 0.3 is 0 Å². The van der Waals surface area contributed by atoms with E-state index in [1.54, 1.807) is 18.2 Å². The van der Waals surface area contributed by atoms with E-state index in [1.807, 2.05) is 6.92 Å². The molecule has 0 unspecified atom stereocenters. The number of carbonyl (C=O) groups is 2. The first-order valence-corrected chi connectivity index (χ1v) is 7.93. The molecule has 2 rings (SSSR count).